The van der Waals surface area contributed by atoms with Crippen molar-refractivity contribution < 1.29 is 9.59 Å². The Hall–Kier alpha value is -1.53. The molecule has 2 amide bonds. The van der Waals surface area contributed by atoms with Crippen LogP contribution in [0.2, 0.25) is 0 Å². The maximum Gasteiger partial charge on any atom is 0.238 e. The van der Waals surface area contributed by atoms with E-state index in [2.05, 4.69) is 22.8 Å². The number of fused-ring (bicyclic) bond motifs is 1. The van der Waals surface area contributed by atoms with Crippen molar-refractivity contribution in [3.05, 3.63) is 29.3 Å². The molecule has 1 unspecified atom stereocenters. The van der Waals surface area contributed by atoms with E-state index in [1.807, 2.05) is 18.2 Å². The highest BCUT2D eigenvalue weighted by Gasteiger charge is 2.39. The molecule has 2 aliphatic rings. The molecule has 1 fully saturated rings. The van der Waals surface area contributed by atoms with E-state index in [4.69, 9.17) is 5.73 Å². The molecule has 136 valence electrons. The van der Waals surface area contributed by atoms with Crippen molar-refractivity contribution in [2.75, 3.05) is 25.0 Å². The zero-order chi connectivity index (χ0) is 17.9. The normalized spacial score (nSPS) is 24.2. The summed E-state index contributed by atoms with van der Waals surface area (Å²) in [4.78, 5) is 26.2. The molecule has 1 aliphatic heterocycles. The number of hydrogen-bond acceptors (Lipinski definition) is 4. The van der Waals surface area contributed by atoms with Gasteiger partial charge in [-0.1, -0.05) is 25.3 Å². The third kappa shape index (κ3) is 4.55. The first-order valence-electron chi connectivity index (χ1n) is 9.13. The number of primary amides is 1. The number of anilines is 1. The van der Waals surface area contributed by atoms with Gasteiger partial charge < -0.3 is 11.1 Å². The number of nitrogens with two attached hydrogens (primary N) is 1. The maximum absolute atomic E-state index is 12.4. The first-order chi connectivity index (χ1) is 12.0. The van der Waals surface area contributed by atoms with E-state index in [0.717, 1.165) is 29.9 Å². The lowest BCUT2D eigenvalue weighted by molar-refractivity contribution is -0.120. The molecule has 1 atom stereocenters. The Bertz CT molecular complexity index is 656. The number of rotatable bonds is 4. The average molecular weight is 362 g/mol. The minimum Gasteiger partial charge on any atom is -0.368 e. The third-order valence-corrected chi connectivity index (χ3v) is 5.77. The summed E-state index contributed by atoms with van der Waals surface area (Å²) >= 11 is 4.46. The summed E-state index contributed by atoms with van der Waals surface area (Å²) < 4.78 is -0.810. The Balaban J connectivity index is 1.59. The van der Waals surface area contributed by atoms with Crippen molar-refractivity contribution in [2.24, 2.45) is 5.73 Å². The molecular weight excluding hydrogens is 334 g/mol. The van der Waals surface area contributed by atoms with Gasteiger partial charge in [-0.25, -0.2) is 0 Å². The van der Waals surface area contributed by atoms with Crippen LogP contribution in [0.4, 0.5) is 5.69 Å². The summed E-state index contributed by atoms with van der Waals surface area (Å²) in [5, 5.41) is 2.99. The van der Waals surface area contributed by atoms with E-state index in [-0.39, 0.29) is 5.91 Å². The number of nitrogens with one attached hydrogen (secondary N) is 1. The third-order valence-electron chi connectivity index (χ3n) is 5.23. The lowest BCUT2D eigenvalue weighted by atomic mass is 10.1. The first-order valence-corrected chi connectivity index (χ1v) is 9.57. The van der Waals surface area contributed by atoms with Gasteiger partial charge in [-0.2, -0.15) is 12.6 Å². The predicted octanol–water partition coefficient (Wildman–Crippen LogP) is 2.14. The molecule has 0 spiro atoms. The minimum atomic E-state index is -0.810. The summed E-state index contributed by atoms with van der Waals surface area (Å²) in [6, 6.07) is 5.80. The summed E-state index contributed by atoms with van der Waals surface area (Å²) in [5.74, 6) is -0.375. The quantitative estimate of drug-likeness (QED) is 0.719. The fraction of sp³-hybridized carbons (Fsp3) is 0.579. The lowest BCUT2D eigenvalue weighted by Crippen LogP contribution is -2.39. The molecule has 1 heterocycles. The van der Waals surface area contributed by atoms with Gasteiger partial charge in [0.15, 0.2) is 0 Å². The first kappa shape index (κ1) is 18.3. The number of carbonyl (C=O) groups is 2. The fourth-order valence-electron chi connectivity index (χ4n) is 3.78. The molecular formula is C19H27N3O2S. The second-order valence-electron chi connectivity index (χ2n) is 7.32. The Labute approximate surface area is 154 Å². The van der Waals surface area contributed by atoms with Crippen LogP contribution < -0.4 is 11.1 Å². The van der Waals surface area contributed by atoms with Crippen LogP contribution >= 0.6 is 12.6 Å². The average Bonchev–Trinajstić information content (AvgIpc) is 2.87. The molecule has 5 nitrogen and oxygen atoms in total. The smallest absolute Gasteiger partial charge is 0.238 e. The van der Waals surface area contributed by atoms with Gasteiger partial charge in [0.2, 0.25) is 11.8 Å². The minimum absolute atomic E-state index is 0.0190. The van der Waals surface area contributed by atoms with Gasteiger partial charge in [0.1, 0.15) is 0 Å². The van der Waals surface area contributed by atoms with Crippen LogP contribution in [0.5, 0.6) is 0 Å². The van der Waals surface area contributed by atoms with Gasteiger partial charge in [-0.15, -0.1) is 0 Å². The highest BCUT2D eigenvalue weighted by molar-refractivity contribution is 7.82. The molecule has 0 saturated carbocycles. The Morgan fingerprint density at radius 2 is 1.72 bits per heavy atom. The van der Waals surface area contributed by atoms with Crippen LogP contribution in [0.15, 0.2) is 18.2 Å². The molecule has 3 rings (SSSR count). The number of thiol groups is 1. The molecule has 0 aromatic heterocycles. The van der Waals surface area contributed by atoms with E-state index in [9.17, 15) is 9.59 Å². The van der Waals surface area contributed by atoms with Crippen LogP contribution in [0, 0.1) is 0 Å². The summed E-state index contributed by atoms with van der Waals surface area (Å²) in [5.41, 5.74) is 8.36. The molecule has 1 saturated heterocycles. The topological polar surface area (TPSA) is 75.4 Å². The van der Waals surface area contributed by atoms with E-state index in [1.54, 1.807) is 0 Å². The SMILES string of the molecule is NC(=O)C1(S)Cc2ccc(NC(=O)CN3CCCCCCC3)cc2C1. The zero-order valence-electron chi connectivity index (χ0n) is 14.6. The van der Waals surface area contributed by atoms with Gasteiger partial charge in [0.25, 0.3) is 0 Å². The lowest BCUT2D eigenvalue weighted by Gasteiger charge is -2.23. The van der Waals surface area contributed by atoms with Crippen LogP contribution in [-0.2, 0) is 22.4 Å². The summed E-state index contributed by atoms with van der Waals surface area (Å²) in [6.07, 6.45) is 7.22. The monoisotopic (exact) mass is 361 g/mol. The number of carbonyl (C=O) groups excluding carboxylic acids is 2. The fourth-order valence-corrected chi connectivity index (χ4v) is 4.12. The molecule has 1 aliphatic carbocycles. The molecule has 1 aromatic carbocycles. The zero-order valence-corrected chi connectivity index (χ0v) is 15.5. The second-order valence-corrected chi connectivity index (χ2v) is 8.18. The highest BCUT2D eigenvalue weighted by atomic mass is 32.1. The molecule has 3 N–H and O–H groups in total. The maximum atomic E-state index is 12.4. The Kier molecular flexibility index (Phi) is 5.69. The van der Waals surface area contributed by atoms with Gasteiger partial charge in [-0.05, 0) is 62.0 Å². The van der Waals surface area contributed by atoms with E-state index in [1.165, 1.54) is 32.1 Å². The van der Waals surface area contributed by atoms with Crippen LogP contribution in [0.3, 0.4) is 0 Å². The second kappa shape index (κ2) is 7.79. The van der Waals surface area contributed by atoms with Gasteiger partial charge in [0.05, 0.1) is 11.3 Å². The van der Waals surface area contributed by atoms with E-state index >= 15 is 0 Å². The molecule has 25 heavy (non-hydrogen) atoms. The van der Waals surface area contributed by atoms with Gasteiger partial charge in [0, 0.05) is 5.69 Å². The summed E-state index contributed by atoms with van der Waals surface area (Å²) in [6.45, 7) is 2.44. The largest absolute Gasteiger partial charge is 0.368 e. The van der Waals surface area contributed by atoms with Gasteiger partial charge in [-0.3, -0.25) is 14.5 Å². The van der Waals surface area contributed by atoms with Crippen molar-refractivity contribution in [2.45, 2.75) is 49.7 Å². The van der Waals surface area contributed by atoms with Crippen LogP contribution in [-0.4, -0.2) is 41.1 Å². The van der Waals surface area contributed by atoms with Crippen molar-refractivity contribution >= 4 is 30.1 Å². The van der Waals surface area contributed by atoms with Crippen molar-refractivity contribution in [3.63, 3.8) is 0 Å². The number of nitrogens with zero attached hydrogens (tertiary/aromatic N) is 1. The number of benzene rings is 1. The molecule has 1 aromatic rings. The van der Waals surface area contributed by atoms with Crippen LogP contribution in [0.25, 0.3) is 0 Å². The number of hydrogen-bond donors (Lipinski definition) is 3. The Morgan fingerprint density at radius 3 is 2.40 bits per heavy atom. The van der Waals surface area contributed by atoms with Gasteiger partial charge >= 0.3 is 0 Å². The number of amides is 2. The van der Waals surface area contributed by atoms with E-state index < -0.39 is 10.7 Å². The summed E-state index contributed by atoms with van der Waals surface area (Å²) in [7, 11) is 0. The van der Waals surface area contributed by atoms with E-state index in [0.29, 0.717) is 19.4 Å². The molecule has 6 heteroatoms. The van der Waals surface area contributed by atoms with Crippen LogP contribution in [0.1, 0.15) is 43.2 Å². The number of likely N-dealkylation sites (tertiary alicyclic amines) is 1. The van der Waals surface area contributed by atoms with Crippen molar-refractivity contribution in [3.8, 4) is 0 Å². The predicted molar refractivity (Wildman–Crippen MR) is 103 cm³/mol. The van der Waals surface area contributed by atoms with Crippen molar-refractivity contribution in [1.82, 2.24) is 4.90 Å². The highest BCUT2D eigenvalue weighted by Crippen LogP contribution is 2.36. The molecule has 0 radical (unpaired) electrons. The Morgan fingerprint density at radius 1 is 1.08 bits per heavy atom. The standard InChI is InChI=1S/C19H27N3O2S/c20-18(24)19(25)11-14-6-7-16(10-15(14)12-19)21-17(23)13-22-8-4-2-1-3-5-9-22/h6-7,10,25H,1-5,8-9,11-13H2,(H2,20,24)(H,21,23). The van der Waals surface area contributed by atoms with Crippen molar-refractivity contribution in [1.29, 1.82) is 0 Å². The molecule has 0 bridgehead atoms.